The van der Waals surface area contributed by atoms with Crippen molar-refractivity contribution in [3.8, 4) is 5.75 Å². The van der Waals surface area contributed by atoms with Crippen LogP contribution >= 0.6 is 0 Å². The van der Waals surface area contributed by atoms with Gasteiger partial charge in [-0.3, -0.25) is 4.79 Å². The molecule has 1 aromatic carbocycles. The Balaban J connectivity index is 2.56. The molecular weight excluding hydrogens is 262 g/mol. The summed E-state index contributed by atoms with van der Waals surface area (Å²) in [6.45, 7) is 0.249. The van der Waals surface area contributed by atoms with E-state index < -0.39 is 17.9 Å². The molecule has 0 aliphatic rings. The first-order valence-electron chi connectivity index (χ1n) is 6.02. The molecule has 0 aliphatic carbocycles. The number of ether oxygens (including phenoxy) is 1. The number of amides is 1. The van der Waals surface area contributed by atoms with Gasteiger partial charge in [0.1, 0.15) is 11.8 Å². The van der Waals surface area contributed by atoms with E-state index in [1.54, 1.807) is 12.1 Å². The summed E-state index contributed by atoms with van der Waals surface area (Å²) in [4.78, 5) is 22.5. The van der Waals surface area contributed by atoms with Gasteiger partial charge in [-0.2, -0.15) is 0 Å². The minimum absolute atomic E-state index is 0.136. The number of hydrogen-bond donors (Lipinski definition) is 3. The SMILES string of the molecule is COCCC(NC(=O)C=Cc1ccc(O)cc1)C(=O)O. The Morgan fingerprint density at radius 3 is 2.55 bits per heavy atom. The number of carbonyl (C=O) groups excluding carboxylic acids is 1. The number of carboxylic acids is 1. The summed E-state index contributed by atoms with van der Waals surface area (Å²) in [6.07, 6.45) is 2.98. The standard InChI is InChI=1S/C14H17NO5/c1-20-9-8-12(14(18)19)15-13(17)7-4-10-2-5-11(16)6-3-10/h2-7,12,16H,8-9H2,1H3,(H,15,17)(H,18,19). The molecule has 3 N–H and O–H groups in total. The second kappa shape index (κ2) is 7.96. The summed E-state index contributed by atoms with van der Waals surface area (Å²) in [5, 5.41) is 20.4. The zero-order valence-corrected chi connectivity index (χ0v) is 11.1. The minimum Gasteiger partial charge on any atom is -0.508 e. The molecule has 0 heterocycles. The Kier molecular flexibility index (Phi) is 6.25. The zero-order valence-electron chi connectivity index (χ0n) is 11.1. The lowest BCUT2D eigenvalue weighted by Gasteiger charge is -2.12. The highest BCUT2D eigenvalue weighted by atomic mass is 16.5. The molecule has 0 saturated heterocycles. The minimum atomic E-state index is -1.10. The first-order chi connectivity index (χ1) is 9.52. The van der Waals surface area contributed by atoms with E-state index in [4.69, 9.17) is 14.9 Å². The van der Waals surface area contributed by atoms with Crippen molar-refractivity contribution in [3.05, 3.63) is 35.9 Å². The Labute approximate surface area is 116 Å². The zero-order chi connectivity index (χ0) is 15.0. The van der Waals surface area contributed by atoms with Crippen molar-refractivity contribution in [2.75, 3.05) is 13.7 Å². The predicted octanol–water partition coefficient (Wildman–Crippen LogP) is 1.01. The van der Waals surface area contributed by atoms with Crippen LogP contribution in [-0.4, -0.2) is 41.8 Å². The van der Waals surface area contributed by atoms with Gasteiger partial charge in [-0.25, -0.2) is 4.79 Å². The Bertz CT molecular complexity index is 481. The van der Waals surface area contributed by atoms with Crippen molar-refractivity contribution in [1.29, 1.82) is 0 Å². The summed E-state index contributed by atoms with van der Waals surface area (Å²) >= 11 is 0. The number of nitrogens with one attached hydrogen (secondary N) is 1. The molecule has 1 unspecified atom stereocenters. The molecule has 0 saturated carbocycles. The number of aliphatic carboxylic acids is 1. The monoisotopic (exact) mass is 279 g/mol. The van der Waals surface area contributed by atoms with Crippen molar-refractivity contribution >= 4 is 18.0 Å². The summed E-state index contributed by atoms with van der Waals surface area (Å²) in [7, 11) is 1.46. The van der Waals surface area contributed by atoms with Gasteiger partial charge in [0.2, 0.25) is 5.91 Å². The number of aromatic hydroxyl groups is 1. The third kappa shape index (κ3) is 5.53. The number of benzene rings is 1. The molecule has 6 nitrogen and oxygen atoms in total. The van der Waals surface area contributed by atoms with Crippen LogP contribution in [0, 0.1) is 0 Å². The van der Waals surface area contributed by atoms with Gasteiger partial charge in [0, 0.05) is 26.2 Å². The Morgan fingerprint density at radius 1 is 1.35 bits per heavy atom. The van der Waals surface area contributed by atoms with Gasteiger partial charge in [0.05, 0.1) is 0 Å². The molecule has 1 aromatic rings. The molecule has 0 aliphatic heterocycles. The lowest BCUT2D eigenvalue weighted by Crippen LogP contribution is -2.40. The molecule has 1 rings (SSSR count). The molecule has 1 atom stereocenters. The lowest BCUT2D eigenvalue weighted by atomic mass is 10.2. The highest BCUT2D eigenvalue weighted by Gasteiger charge is 2.18. The van der Waals surface area contributed by atoms with E-state index in [0.717, 1.165) is 5.56 Å². The van der Waals surface area contributed by atoms with Crippen molar-refractivity contribution in [2.24, 2.45) is 0 Å². The topological polar surface area (TPSA) is 95.9 Å². The van der Waals surface area contributed by atoms with Gasteiger partial charge in [0.25, 0.3) is 0 Å². The molecule has 1 amide bonds. The first-order valence-corrected chi connectivity index (χ1v) is 6.02. The fourth-order valence-electron chi connectivity index (χ4n) is 1.47. The van der Waals surface area contributed by atoms with Crippen LogP contribution in [0.3, 0.4) is 0 Å². The second-order valence-electron chi connectivity index (χ2n) is 4.11. The highest BCUT2D eigenvalue weighted by molar-refractivity contribution is 5.94. The normalized spacial score (nSPS) is 12.2. The Morgan fingerprint density at radius 2 is 2.00 bits per heavy atom. The van der Waals surface area contributed by atoms with Crippen LogP contribution < -0.4 is 5.32 Å². The van der Waals surface area contributed by atoms with Crippen molar-refractivity contribution < 1.29 is 24.5 Å². The van der Waals surface area contributed by atoms with Gasteiger partial charge in [-0.15, -0.1) is 0 Å². The van der Waals surface area contributed by atoms with Gasteiger partial charge >= 0.3 is 5.97 Å². The van der Waals surface area contributed by atoms with Gasteiger partial charge < -0.3 is 20.3 Å². The maximum absolute atomic E-state index is 11.6. The van der Waals surface area contributed by atoms with E-state index in [9.17, 15) is 9.59 Å². The first kappa shape index (κ1) is 15.7. The van der Waals surface area contributed by atoms with Crippen molar-refractivity contribution in [1.82, 2.24) is 5.32 Å². The predicted molar refractivity (Wildman–Crippen MR) is 73.2 cm³/mol. The van der Waals surface area contributed by atoms with Crippen LogP contribution in [0.1, 0.15) is 12.0 Å². The van der Waals surface area contributed by atoms with Crippen LogP contribution in [-0.2, 0) is 14.3 Å². The molecule has 20 heavy (non-hydrogen) atoms. The molecule has 6 heteroatoms. The molecule has 108 valence electrons. The maximum Gasteiger partial charge on any atom is 0.326 e. The van der Waals surface area contributed by atoms with Crippen LogP contribution in [0.5, 0.6) is 5.75 Å². The van der Waals surface area contributed by atoms with Crippen LogP contribution in [0.25, 0.3) is 6.08 Å². The van der Waals surface area contributed by atoms with E-state index >= 15 is 0 Å². The average Bonchev–Trinajstić information content (AvgIpc) is 2.42. The second-order valence-corrected chi connectivity index (χ2v) is 4.11. The smallest absolute Gasteiger partial charge is 0.326 e. The summed E-state index contributed by atoms with van der Waals surface area (Å²) in [5.74, 6) is -1.47. The number of carbonyl (C=O) groups is 2. The quantitative estimate of drug-likeness (QED) is 0.647. The summed E-state index contributed by atoms with van der Waals surface area (Å²) < 4.78 is 4.79. The summed E-state index contributed by atoms with van der Waals surface area (Å²) in [6, 6.07) is 5.29. The fourth-order valence-corrected chi connectivity index (χ4v) is 1.47. The van der Waals surface area contributed by atoms with Crippen molar-refractivity contribution in [2.45, 2.75) is 12.5 Å². The molecular formula is C14H17NO5. The van der Waals surface area contributed by atoms with E-state index in [0.29, 0.717) is 0 Å². The van der Waals surface area contributed by atoms with E-state index in [1.807, 2.05) is 0 Å². The van der Waals surface area contributed by atoms with E-state index in [1.165, 1.54) is 31.4 Å². The molecule has 0 spiro atoms. The molecule has 0 bridgehead atoms. The molecule has 0 fully saturated rings. The lowest BCUT2D eigenvalue weighted by molar-refractivity contribution is -0.141. The van der Waals surface area contributed by atoms with E-state index in [2.05, 4.69) is 5.32 Å². The number of methoxy groups -OCH3 is 1. The highest BCUT2D eigenvalue weighted by Crippen LogP contribution is 2.10. The third-order valence-electron chi connectivity index (χ3n) is 2.55. The molecule has 0 aromatic heterocycles. The molecule has 0 radical (unpaired) electrons. The Hall–Kier alpha value is -2.34. The largest absolute Gasteiger partial charge is 0.508 e. The number of rotatable bonds is 7. The number of phenols is 1. The maximum atomic E-state index is 11.6. The van der Waals surface area contributed by atoms with Crippen LogP contribution in [0.15, 0.2) is 30.3 Å². The third-order valence-corrected chi connectivity index (χ3v) is 2.55. The number of carboxylic acid groups (broad SMARTS) is 1. The fraction of sp³-hybridized carbons (Fsp3) is 0.286. The van der Waals surface area contributed by atoms with Crippen LogP contribution in [0.2, 0.25) is 0 Å². The van der Waals surface area contributed by atoms with Crippen molar-refractivity contribution in [3.63, 3.8) is 0 Å². The van der Waals surface area contributed by atoms with E-state index in [-0.39, 0.29) is 18.8 Å². The average molecular weight is 279 g/mol. The summed E-state index contributed by atoms with van der Waals surface area (Å²) in [5.41, 5.74) is 0.724. The van der Waals surface area contributed by atoms with Crippen LogP contribution in [0.4, 0.5) is 0 Å². The van der Waals surface area contributed by atoms with Gasteiger partial charge in [0.15, 0.2) is 0 Å². The van der Waals surface area contributed by atoms with Gasteiger partial charge in [-0.1, -0.05) is 12.1 Å². The van der Waals surface area contributed by atoms with Gasteiger partial charge in [-0.05, 0) is 23.8 Å². The number of phenolic OH excluding ortho intramolecular Hbond substituents is 1. The number of hydrogen-bond acceptors (Lipinski definition) is 4.